The number of nitrogens with one attached hydrogen (secondary N) is 2. The van der Waals surface area contributed by atoms with E-state index in [0.717, 1.165) is 0 Å². The molecule has 0 saturated heterocycles. The molecule has 0 aliphatic heterocycles. The summed E-state index contributed by atoms with van der Waals surface area (Å²) >= 11 is 0. The molecule has 19 heavy (non-hydrogen) atoms. The monoisotopic (exact) mass is 268 g/mol. The van der Waals surface area contributed by atoms with Gasteiger partial charge in [-0.2, -0.15) is 0 Å². The maximum atomic E-state index is 11.6. The molecule has 0 unspecified atom stereocenters. The highest BCUT2D eigenvalue weighted by Crippen LogP contribution is 2.07. The molecule has 1 rings (SSSR count). The van der Waals surface area contributed by atoms with Gasteiger partial charge in [0.1, 0.15) is 5.60 Å². The molecule has 0 aliphatic rings. The Hall–Kier alpha value is -1.82. The zero-order valence-corrected chi connectivity index (χ0v) is 11.4. The third-order valence-electron chi connectivity index (χ3n) is 2.31. The maximum absolute atomic E-state index is 11.6. The molecule has 1 aromatic heterocycles. The van der Waals surface area contributed by atoms with E-state index in [-0.39, 0.29) is 18.6 Å². The average molecular weight is 268 g/mol. The van der Waals surface area contributed by atoms with Crippen molar-refractivity contribution >= 4 is 6.09 Å². The third-order valence-corrected chi connectivity index (χ3v) is 2.31. The van der Waals surface area contributed by atoms with E-state index in [1.54, 1.807) is 32.9 Å². The molecule has 1 atom stereocenters. The predicted octanol–water partition coefficient (Wildman–Crippen LogP) is 0.803. The van der Waals surface area contributed by atoms with Crippen molar-refractivity contribution in [1.82, 2.24) is 10.3 Å². The Morgan fingerprint density at radius 1 is 1.53 bits per heavy atom. The number of carbonyl (C=O) groups excluding carboxylic acids is 1. The second-order valence-corrected chi connectivity index (χ2v) is 5.25. The van der Waals surface area contributed by atoms with Crippen molar-refractivity contribution < 1.29 is 14.6 Å². The highest BCUT2D eigenvalue weighted by Gasteiger charge is 2.19. The van der Waals surface area contributed by atoms with Crippen LogP contribution in [0.4, 0.5) is 4.79 Å². The van der Waals surface area contributed by atoms with Crippen molar-refractivity contribution in [3.63, 3.8) is 0 Å². The van der Waals surface area contributed by atoms with Crippen LogP contribution in [0.15, 0.2) is 23.1 Å². The molecule has 6 heteroatoms. The van der Waals surface area contributed by atoms with Crippen molar-refractivity contribution in [2.75, 3.05) is 6.61 Å². The number of H-pyrrole nitrogens is 1. The quantitative estimate of drug-likeness (QED) is 0.753. The number of aliphatic hydroxyl groups excluding tert-OH is 1. The molecular formula is C13H20N2O4. The van der Waals surface area contributed by atoms with Crippen molar-refractivity contribution in [1.29, 1.82) is 0 Å². The highest BCUT2D eigenvalue weighted by atomic mass is 16.6. The lowest BCUT2D eigenvalue weighted by Gasteiger charge is -2.22. The van der Waals surface area contributed by atoms with Gasteiger partial charge in [0, 0.05) is 18.2 Å². The van der Waals surface area contributed by atoms with Crippen LogP contribution in [0.25, 0.3) is 0 Å². The predicted molar refractivity (Wildman–Crippen MR) is 71.0 cm³/mol. The first-order chi connectivity index (χ1) is 8.81. The number of rotatable bonds is 4. The van der Waals surface area contributed by atoms with Crippen molar-refractivity contribution in [3.05, 3.63) is 34.2 Å². The summed E-state index contributed by atoms with van der Waals surface area (Å²) in [6.07, 6.45) is 1.16. The topological polar surface area (TPSA) is 91.4 Å². The minimum absolute atomic E-state index is 0.230. The summed E-state index contributed by atoms with van der Waals surface area (Å²) in [5.74, 6) is 0. The third kappa shape index (κ3) is 5.56. The summed E-state index contributed by atoms with van der Waals surface area (Å²) < 4.78 is 5.09. The van der Waals surface area contributed by atoms with Gasteiger partial charge >= 0.3 is 6.09 Å². The van der Waals surface area contributed by atoms with Gasteiger partial charge in [-0.1, -0.05) is 6.07 Å². The molecule has 106 valence electrons. The molecule has 1 heterocycles. The van der Waals surface area contributed by atoms with E-state index in [0.29, 0.717) is 5.56 Å². The van der Waals surface area contributed by atoms with Crippen LogP contribution in [0, 0.1) is 0 Å². The highest BCUT2D eigenvalue weighted by molar-refractivity contribution is 5.68. The van der Waals surface area contributed by atoms with Crippen LogP contribution >= 0.6 is 0 Å². The first kappa shape index (κ1) is 15.2. The van der Waals surface area contributed by atoms with Crippen LogP contribution in [0.2, 0.25) is 0 Å². The van der Waals surface area contributed by atoms with Gasteiger partial charge in [-0.3, -0.25) is 4.79 Å². The van der Waals surface area contributed by atoms with E-state index in [2.05, 4.69) is 10.3 Å². The van der Waals surface area contributed by atoms with Gasteiger partial charge in [0.05, 0.1) is 12.6 Å². The lowest BCUT2D eigenvalue weighted by atomic mass is 10.1. The van der Waals surface area contributed by atoms with Gasteiger partial charge in [0.25, 0.3) is 5.56 Å². The normalized spacial score (nSPS) is 12.8. The smallest absolute Gasteiger partial charge is 0.407 e. The lowest BCUT2D eigenvalue weighted by molar-refractivity contribution is 0.0482. The van der Waals surface area contributed by atoms with E-state index in [1.165, 1.54) is 6.20 Å². The SMILES string of the molecule is CC(C)(C)OC(=O)N[C@H](CO)Cc1ccc[nH]c1=O. The van der Waals surface area contributed by atoms with E-state index < -0.39 is 17.7 Å². The summed E-state index contributed by atoms with van der Waals surface area (Å²) in [5.41, 5.74) is -0.335. The van der Waals surface area contributed by atoms with Crippen LogP contribution in [-0.4, -0.2) is 34.4 Å². The molecule has 0 spiro atoms. The lowest BCUT2D eigenvalue weighted by Crippen LogP contribution is -2.42. The zero-order valence-electron chi connectivity index (χ0n) is 11.4. The van der Waals surface area contributed by atoms with Crippen molar-refractivity contribution in [2.24, 2.45) is 0 Å². The number of hydrogen-bond acceptors (Lipinski definition) is 4. The number of amides is 1. The number of aromatic nitrogens is 1. The van der Waals surface area contributed by atoms with Crippen LogP contribution in [-0.2, 0) is 11.2 Å². The van der Waals surface area contributed by atoms with Gasteiger partial charge in [-0.05, 0) is 26.8 Å². The number of aromatic amines is 1. The first-order valence-corrected chi connectivity index (χ1v) is 6.09. The molecule has 0 aliphatic carbocycles. The fourth-order valence-electron chi connectivity index (χ4n) is 1.52. The Balaban J connectivity index is 2.62. The number of aliphatic hydroxyl groups is 1. The standard InChI is InChI=1S/C13H20N2O4/c1-13(2,3)19-12(18)15-10(8-16)7-9-5-4-6-14-11(9)17/h4-6,10,16H,7-8H2,1-3H3,(H,14,17)(H,15,18)/t10-/m0/s1. The summed E-state index contributed by atoms with van der Waals surface area (Å²) in [7, 11) is 0. The minimum atomic E-state index is -0.612. The minimum Gasteiger partial charge on any atom is -0.444 e. The van der Waals surface area contributed by atoms with Crippen LogP contribution in [0.1, 0.15) is 26.3 Å². The number of alkyl carbamates (subject to hydrolysis) is 1. The molecule has 0 fully saturated rings. The molecule has 1 amide bonds. The van der Waals surface area contributed by atoms with Crippen LogP contribution in [0.5, 0.6) is 0 Å². The Labute approximate surface area is 111 Å². The maximum Gasteiger partial charge on any atom is 0.407 e. The Morgan fingerprint density at radius 3 is 2.74 bits per heavy atom. The number of ether oxygens (including phenoxy) is 1. The number of carbonyl (C=O) groups is 1. The number of pyridine rings is 1. The van der Waals surface area contributed by atoms with E-state index >= 15 is 0 Å². The van der Waals surface area contributed by atoms with Gasteiger partial charge in [-0.15, -0.1) is 0 Å². The molecule has 0 bridgehead atoms. The molecule has 0 aromatic carbocycles. The van der Waals surface area contributed by atoms with Crippen LogP contribution < -0.4 is 10.9 Å². The van der Waals surface area contributed by atoms with Gasteiger partial charge in [0.2, 0.25) is 0 Å². The fraction of sp³-hybridized carbons (Fsp3) is 0.538. The molecule has 6 nitrogen and oxygen atoms in total. The summed E-state index contributed by atoms with van der Waals surface area (Å²) in [4.78, 5) is 25.6. The average Bonchev–Trinajstić information content (AvgIpc) is 2.28. The summed E-state index contributed by atoms with van der Waals surface area (Å²) in [5, 5.41) is 11.8. The largest absolute Gasteiger partial charge is 0.444 e. The Bertz CT molecular complexity index is 476. The summed E-state index contributed by atoms with van der Waals surface area (Å²) in [6.45, 7) is 4.99. The molecule has 1 aromatic rings. The molecular weight excluding hydrogens is 248 g/mol. The van der Waals surface area contributed by atoms with E-state index in [4.69, 9.17) is 4.74 Å². The van der Waals surface area contributed by atoms with Crippen molar-refractivity contribution in [2.45, 2.75) is 38.8 Å². The van der Waals surface area contributed by atoms with Gasteiger partial charge < -0.3 is 20.1 Å². The van der Waals surface area contributed by atoms with E-state index in [9.17, 15) is 14.7 Å². The first-order valence-electron chi connectivity index (χ1n) is 6.09. The number of hydrogen-bond donors (Lipinski definition) is 3. The van der Waals surface area contributed by atoms with Gasteiger partial charge in [-0.25, -0.2) is 4.79 Å². The summed E-state index contributed by atoms with van der Waals surface area (Å²) in [6, 6.07) is 2.79. The second-order valence-electron chi connectivity index (χ2n) is 5.25. The fourth-order valence-corrected chi connectivity index (χ4v) is 1.52. The Kier molecular flexibility index (Phi) is 5.11. The van der Waals surface area contributed by atoms with Gasteiger partial charge in [0.15, 0.2) is 0 Å². The second kappa shape index (κ2) is 6.38. The molecule has 0 radical (unpaired) electrons. The van der Waals surface area contributed by atoms with Crippen molar-refractivity contribution in [3.8, 4) is 0 Å². The molecule has 0 saturated carbocycles. The Morgan fingerprint density at radius 2 is 2.21 bits per heavy atom. The molecule has 3 N–H and O–H groups in total. The van der Waals surface area contributed by atoms with E-state index in [1.807, 2.05) is 0 Å². The van der Waals surface area contributed by atoms with Crippen LogP contribution in [0.3, 0.4) is 0 Å². The zero-order chi connectivity index (χ0) is 14.5.